The monoisotopic (exact) mass is 352 g/mol. The Bertz CT molecular complexity index is 1040. The van der Waals surface area contributed by atoms with Crippen LogP contribution in [0.1, 0.15) is 26.5 Å². The van der Waals surface area contributed by atoms with E-state index in [9.17, 15) is 4.48 Å². The van der Waals surface area contributed by atoms with Crippen molar-refractivity contribution in [3.05, 3.63) is 42.4 Å². The van der Waals surface area contributed by atoms with Crippen LogP contribution < -0.4 is 4.90 Å². The lowest BCUT2D eigenvalue weighted by Crippen LogP contribution is -2.29. The van der Waals surface area contributed by atoms with Gasteiger partial charge in [0.2, 0.25) is 0 Å². The molecule has 0 saturated carbocycles. The Labute approximate surface area is 149 Å². The minimum atomic E-state index is -0.135. The SMILES string of the molecule is CC(C)(C)c1cn(-c2nnc3n2C2=CN(F)CN2c2ccccc2-3)nn1. The van der Waals surface area contributed by atoms with Crippen molar-refractivity contribution in [3.8, 4) is 17.3 Å². The second-order valence-corrected chi connectivity index (χ2v) is 7.43. The summed E-state index contributed by atoms with van der Waals surface area (Å²) in [6.07, 6.45) is 3.28. The Kier molecular flexibility index (Phi) is 2.84. The molecule has 0 atom stereocenters. The average Bonchev–Trinajstić information content (AvgIpc) is 3.30. The van der Waals surface area contributed by atoms with Crippen molar-refractivity contribution in [1.82, 2.24) is 34.9 Å². The quantitative estimate of drug-likeness (QED) is 0.627. The molecule has 0 fully saturated rings. The first-order valence-corrected chi connectivity index (χ1v) is 8.34. The molecule has 2 aliphatic rings. The van der Waals surface area contributed by atoms with Gasteiger partial charge in [0, 0.05) is 11.0 Å². The van der Waals surface area contributed by atoms with Crippen molar-refractivity contribution in [2.75, 3.05) is 11.6 Å². The van der Waals surface area contributed by atoms with E-state index >= 15 is 0 Å². The van der Waals surface area contributed by atoms with Crippen LogP contribution in [0.3, 0.4) is 0 Å². The molecule has 8 nitrogen and oxygen atoms in total. The Hall–Kier alpha value is -3.23. The van der Waals surface area contributed by atoms with Gasteiger partial charge in [-0.3, -0.25) is 0 Å². The fourth-order valence-electron chi connectivity index (χ4n) is 3.23. The van der Waals surface area contributed by atoms with Gasteiger partial charge in [-0.2, -0.15) is 9.80 Å². The highest BCUT2D eigenvalue weighted by Crippen LogP contribution is 2.42. The number of para-hydroxylation sites is 1. The van der Waals surface area contributed by atoms with Gasteiger partial charge in [-0.05, 0) is 12.1 Å². The molecule has 0 amide bonds. The van der Waals surface area contributed by atoms with E-state index in [1.54, 1.807) is 4.68 Å². The largest absolute Gasteiger partial charge is 0.304 e. The Morgan fingerprint density at radius 3 is 2.65 bits per heavy atom. The fourth-order valence-corrected chi connectivity index (χ4v) is 3.23. The van der Waals surface area contributed by atoms with Crippen molar-refractivity contribution in [1.29, 1.82) is 0 Å². The fraction of sp³-hybridized carbons (Fsp3) is 0.294. The molecule has 0 bridgehead atoms. The molecular formula is C17H17FN8. The van der Waals surface area contributed by atoms with Crippen molar-refractivity contribution in [3.63, 3.8) is 0 Å². The summed E-state index contributed by atoms with van der Waals surface area (Å²) >= 11 is 0. The van der Waals surface area contributed by atoms with Gasteiger partial charge in [-0.25, -0.2) is 4.57 Å². The molecule has 0 N–H and O–H groups in total. The standard InChI is InChI=1S/C17H17FN8/c1-17(2,3)13-8-25(22-19-13)16-21-20-15-11-6-4-5-7-12(11)24-10-23(18)9-14(24)26(15)16/h4-9H,10H2,1-3H3. The van der Waals surface area contributed by atoms with Crippen LogP contribution in [0.25, 0.3) is 23.2 Å². The summed E-state index contributed by atoms with van der Waals surface area (Å²) in [6.45, 7) is 6.32. The Balaban J connectivity index is 1.73. The molecule has 2 aromatic heterocycles. The third-order valence-corrected chi connectivity index (χ3v) is 4.59. The van der Waals surface area contributed by atoms with Gasteiger partial charge in [0.1, 0.15) is 12.5 Å². The van der Waals surface area contributed by atoms with Crippen LogP contribution in [0, 0.1) is 0 Å². The third-order valence-electron chi connectivity index (χ3n) is 4.59. The lowest BCUT2D eigenvalue weighted by atomic mass is 9.93. The summed E-state index contributed by atoms with van der Waals surface area (Å²) in [5.41, 5.74) is 2.51. The van der Waals surface area contributed by atoms with Crippen molar-refractivity contribution < 1.29 is 4.48 Å². The number of halogens is 1. The highest BCUT2D eigenvalue weighted by molar-refractivity contribution is 5.89. The molecule has 132 valence electrons. The summed E-state index contributed by atoms with van der Waals surface area (Å²) in [6, 6.07) is 7.77. The topological polar surface area (TPSA) is 67.9 Å². The van der Waals surface area contributed by atoms with Crippen LogP contribution in [-0.4, -0.2) is 41.5 Å². The maximum Gasteiger partial charge on any atom is 0.259 e. The van der Waals surface area contributed by atoms with E-state index in [4.69, 9.17) is 0 Å². The van der Waals surface area contributed by atoms with E-state index < -0.39 is 0 Å². The van der Waals surface area contributed by atoms with Gasteiger partial charge in [-0.1, -0.05) is 42.6 Å². The van der Waals surface area contributed by atoms with Crippen LogP contribution in [0.15, 0.2) is 36.7 Å². The minimum Gasteiger partial charge on any atom is -0.304 e. The smallest absolute Gasteiger partial charge is 0.259 e. The number of hydrogen-bond acceptors (Lipinski definition) is 6. The first kappa shape index (κ1) is 15.1. The molecule has 2 aliphatic heterocycles. The maximum absolute atomic E-state index is 14.0. The Morgan fingerprint density at radius 1 is 1.08 bits per heavy atom. The van der Waals surface area contributed by atoms with E-state index in [0.29, 0.717) is 22.7 Å². The summed E-state index contributed by atoms with van der Waals surface area (Å²) in [5.74, 6) is 1.78. The molecule has 26 heavy (non-hydrogen) atoms. The summed E-state index contributed by atoms with van der Waals surface area (Å²) in [4.78, 5) is 1.89. The molecule has 0 saturated heterocycles. The van der Waals surface area contributed by atoms with Gasteiger partial charge in [-0.15, -0.1) is 15.3 Å². The number of rotatable bonds is 1. The van der Waals surface area contributed by atoms with Gasteiger partial charge in [0.15, 0.2) is 5.82 Å². The maximum atomic E-state index is 14.0. The zero-order chi connectivity index (χ0) is 18.1. The number of anilines is 1. The van der Waals surface area contributed by atoms with E-state index in [0.717, 1.165) is 16.9 Å². The number of nitrogens with zero attached hydrogens (tertiary/aromatic N) is 8. The Morgan fingerprint density at radius 2 is 1.88 bits per heavy atom. The number of hydrogen-bond donors (Lipinski definition) is 0. The predicted octanol–water partition coefficient (Wildman–Crippen LogP) is 2.56. The lowest BCUT2D eigenvalue weighted by molar-refractivity contribution is 0.104. The first-order chi connectivity index (χ1) is 12.4. The highest BCUT2D eigenvalue weighted by Gasteiger charge is 2.36. The molecule has 1 aromatic carbocycles. The number of aromatic nitrogens is 6. The zero-order valence-corrected chi connectivity index (χ0v) is 14.6. The first-order valence-electron chi connectivity index (χ1n) is 8.34. The zero-order valence-electron chi connectivity index (χ0n) is 14.6. The van der Waals surface area contributed by atoms with E-state index in [1.807, 2.05) is 39.9 Å². The molecule has 4 heterocycles. The van der Waals surface area contributed by atoms with Crippen molar-refractivity contribution >= 4 is 11.5 Å². The normalized spacial score (nSPS) is 15.6. The number of benzene rings is 1. The predicted molar refractivity (Wildman–Crippen MR) is 93.6 cm³/mol. The van der Waals surface area contributed by atoms with Gasteiger partial charge >= 0.3 is 0 Å². The van der Waals surface area contributed by atoms with Gasteiger partial charge in [0.25, 0.3) is 5.95 Å². The summed E-state index contributed by atoms with van der Waals surface area (Å²) < 4.78 is 17.4. The van der Waals surface area contributed by atoms with Gasteiger partial charge < -0.3 is 4.90 Å². The number of fused-ring (bicyclic) bond motifs is 6. The summed E-state index contributed by atoms with van der Waals surface area (Å²) in [7, 11) is 0. The van der Waals surface area contributed by atoms with E-state index in [-0.39, 0.29) is 12.1 Å². The average molecular weight is 352 g/mol. The van der Waals surface area contributed by atoms with Crippen molar-refractivity contribution in [2.45, 2.75) is 26.2 Å². The van der Waals surface area contributed by atoms with Crippen molar-refractivity contribution in [2.24, 2.45) is 0 Å². The van der Waals surface area contributed by atoms with E-state index in [2.05, 4.69) is 41.3 Å². The molecule has 3 aromatic rings. The molecule has 0 radical (unpaired) electrons. The molecule has 0 aliphatic carbocycles. The molecule has 9 heteroatoms. The highest BCUT2D eigenvalue weighted by atomic mass is 19.2. The van der Waals surface area contributed by atoms with Crippen LogP contribution in [-0.2, 0) is 5.41 Å². The molecule has 5 rings (SSSR count). The second-order valence-electron chi connectivity index (χ2n) is 7.43. The van der Waals surface area contributed by atoms with Gasteiger partial charge in [0.05, 0.1) is 23.8 Å². The molecule has 0 unspecified atom stereocenters. The third kappa shape index (κ3) is 2.00. The van der Waals surface area contributed by atoms with Crippen LogP contribution in [0.5, 0.6) is 0 Å². The van der Waals surface area contributed by atoms with Crippen LogP contribution in [0.4, 0.5) is 10.2 Å². The summed E-state index contributed by atoms with van der Waals surface area (Å²) in [5, 5.41) is 17.8. The van der Waals surface area contributed by atoms with Crippen LogP contribution >= 0.6 is 0 Å². The lowest BCUT2D eigenvalue weighted by Gasteiger charge is -2.29. The second kappa shape index (κ2) is 4.90. The van der Waals surface area contributed by atoms with E-state index in [1.165, 1.54) is 6.20 Å². The molecule has 0 spiro atoms. The molecular weight excluding hydrogens is 335 g/mol. The minimum absolute atomic E-state index is 0.119. The van der Waals surface area contributed by atoms with Crippen LogP contribution in [0.2, 0.25) is 0 Å².